The zero-order chi connectivity index (χ0) is 17.8. The zero-order valence-corrected chi connectivity index (χ0v) is 13.9. The highest BCUT2D eigenvalue weighted by atomic mass is 16.5. The molecular weight excluding hydrogens is 322 g/mol. The summed E-state index contributed by atoms with van der Waals surface area (Å²) in [6.07, 6.45) is 1.21. The highest BCUT2D eigenvalue weighted by Crippen LogP contribution is 2.25. The Balaban J connectivity index is 1.84. The molecule has 0 spiro atoms. The van der Waals surface area contributed by atoms with Crippen LogP contribution in [0.2, 0.25) is 0 Å². The summed E-state index contributed by atoms with van der Waals surface area (Å²) in [7, 11) is 3.08. The fraction of sp³-hybridized carbons (Fsp3) is 0.167. The average molecular weight is 339 g/mol. The fourth-order valence-electron chi connectivity index (χ4n) is 2.50. The summed E-state index contributed by atoms with van der Waals surface area (Å²) in [5.74, 6) is 0.861. The summed E-state index contributed by atoms with van der Waals surface area (Å²) in [5, 5.41) is 7.35. The largest absolute Gasteiger partial charge is 0.497 e. The van der Waals surface area contributed by atoms with E-state index < -0.39 is 0 Å². The fourth-order valence-corrected chi connectivity index (χ4v) is 2.50. The van der Waals surface area contributed by atoms with Crippen molar-refractivity contribution in [2.75, 3.05) is 19.5 Å². The van der Waals surface area contributed by atoms with Gasteiger partial charge in [-0.2, -0.15) is 5.10 Å². The Bertz CT molecular complexity index is 959. The van der Waals surface area contributed by atoms with Crippen molar-refractivity contribution in [1.82, 2.24) is 9.78 Å². The molecule has 0 saturated carbocycles. The maximum absolute atomic E-state index is 12.4. The molecule has 0 unspecified atom stereocenters. The number of anilines is 1. The van der Waals surface area contributed by atoms with Gasteiger partial charge in [0.25, 0.3) is 0 Å². The predicted octanol–water partition coefficient (Wildman–Crippen LogP) is 2.05. The molecule has 1 heterocycles. The standard InChI is InChI=1S/C18H17N3O4/c1-24-13-7-12(8-14(9-13)25-2)20-18(23)11-21-16-6-4-3-5-15(16)17(22)10-19-21/h3-10H,11H2,1-2H3,(H,20,23). The second kappa shape index (κ2) is 7.04. The quantitative estimate of drug-likeness (QED) is 0.769. The third-order valence-corrected chi connectivity index (χ3v) is 3.69. The summed E-state index contributed by atoms with van der Waals surface area (Å²) < 4.78 is 11.9. The lowest BCUT2D eigenvalue weighted by molar-refractivity contribution is -0.116. The van der Waals surface area contributed by atoms with Crippen LogP contribution in [0.4, 0.5) is 5.69 Å². The van der Waals surface area contributed by atoms with Gasteiger partial charge in [-0.05, 0) is 12.1 Å². The van der Waals surface area contributed by atoms with Crippen molar-refractivity contribution in [3.05, 3.63) is 58.9 Å². The molecule has 128 valence electrons. The van der Waals surface area contributed by atoms with Crippen LogP contribution in [0, 0.1) is 0 Å². The van der Waals surface area contributed by atoms with Gasteiger partial charge in [0.15, 0.2) is 0 Å². The first-order chi connectivity index (χ1) is 12.1. The molecule has 0 aliphatic rings. The van der Waals surface area contributed by atoms with Crippen LogP contribution in [-0.2, 0) is 11.3 Å². The summed E-state index contributed by atoms with van der Waals surface area (Å²) in [6, 6.07) is 12.1. The second-order valence-corrected chi connectivity index (χ2v) is 5.33. The van der Waals surface area contributed by atoms with E-state index in [9.17, 15) is 9.59 Å². The third kappa shape index (κ3) is 3.60. The number of carbonyl (C=O) groups excluding carboxylic acids is 1. The molecule has 0 aliphatic heterocycles. The van der Waals surface area contributed by atoms with Crippen LogP contribution in [0.3, 0.4) is 0 Å². The molecule has 0 fully saturated rings. The molecule has 2 aromatic carbocycles. The topological polar surface area (TPSA) is 82.5 Å². The van der Waals surface area contributed by atoms with Gasteiger partial charge in [0.2, 0.25) is 11.3 Å². The first-order valence-corrected chi connectivity index (χ1v) is 7.58. The molecule has 25 heavy (non-hydrogen) atoms. The predicted molar refractivity (Wildman–Crippen MR) is 94.2 cm³/mol. The average Bonchev–Trinajstić information content (AvgIpc) is 2.64. The summed E-state index contributed by atoms with van der Waals surface area (Å²) in [5.41, 5.74) is 0.977. The van der Waals surface area contributed by atoms with Gasteiger partial charge in [0, 0.05) is 29.3 Å². The number of hydrogen-bond acceptors (Lipinski definition) is 5. The second-order valence-electron chi connectivity index (χ2n) is 5.33. The van der Waals surface area contributed by atoms with E-state index in [1.165, 1.54) is 25.1 Å². The number of rotatable bonds is 5. The zero-order valence-electron chi connectivity index (χ0n) is 13.9. The van der Waals surface area contributed by atoms with Crippen molar-refractivity contribution in [3.8, 4) is 11.5 Å². The smallest absolute Gasteiger partial charge is 0.246 e. The Kier molecular flexibility index (Phi) is 4.65. The van der Waals surface area contributed by atoms with E-state index >= 15 is 0 Å². The highest BCUT2D eigenvalue weighted by Gasteiger charge is 2.10. The van der Waals surface area contributed by atoms with Crippen molar-refractivity contribution >= 4 is 22.5 Å². The number of aromatic nitrogens is 2. The van der Waals surface area contributed by atoms with Gasteiger partial charge in [-0.15, -0.1) is 0 Å². The Labute approximate surface area is 143 Å². The van der Waals surface area contributed by atoms with Crippen LogP contribution in [0.15, 0.2) is 53.5 Å². The number of methoxy groups -OCH3 is 2. The SMILES string of the molecule is COc1cc(NC(=O)Cn2ncc(=O)c3ccccc32)cc(OC)c1. The molecule has 0 aliphatic carbocycles. The number of para-hydroxylation sites is 1. The van der Waals surface area contributed by atoms with Crippen LogP contribution in [-0.4, -0.2) is 29.9 Å². The molecule has 7 nitrogen and oxygen atoms in total. The van der Waals surface area contributed by atoms with Gasteiger partial charge in [-0.25, -0.2) is 0 Å². The van der Waals surface area contributed by atoms with E-state index in [0.29, 0.717) is 28.1 Å². The first-order valence-electron chi connectivity index (χ1n) is 7.58. The molecule has 0 atom stereocenters. The van der Waals surface area contributed by atoms with Gasteiger partial charge in [0.1, 0.15) is 18.0 Å². The van der Waals surface area contributed by atoms with E-state index in [0.717, 1.165) is 0 Å². The first kappa shape index (κ1) is 16.5. The maximum Gasteiger partial charge on any atom is 0.246 e. The lowest BCUT2D eigenvalue weighted by Crippen LogP contribution is -2.22. The van der Waals surface area contributed by atoms with Crippen LogP contribution >= 0.6 is 0 Å². The van der Waals surface area contributed by atoms with E-state index in [-0.39, 0.29) is 17.9 Å². The number of carbonyl (C=O) groups is 1. The van der Waals surface area contributed by atoms with E-state index in [2.05, 4.69) is 10.4 Å². The van der Waals surface area contributed by atoms with Crippen molar-refractivity contribution in [1.29, 1.82) is 0 Å². The number of nitrogens with zero attached hydrogens (tertiary/aromatic N) is 2. The lowest BCUT2D eigenvalue weighted by atomic mass is 10.2. The van der Waals surface area contributed by atoms with Gasteiger partial charge in [0.05, 0.1) is 25.9 Å². The minimum atomic E-state index is -0.281. The molecular formula is C18H17N3O4. The monoisotopic (exact) mass is 339 g/mol. The van der Waals surface area contributed by atoms with Crippen LogP contribution in [0.25, 0.3) is 10.9 Å². The van der Waals surface area contributed by atoms with Crippen molar-refractivity contribution < 1.29 is 14.3 Å². The van der Waals surface area contributed by atoms with E-state index in [4.69, 9.17) is 9.47 Å². The van der Waals surface area contributed by atoms with E-state index in [1.807, 2.05) is 0 Å². The molecule has 3 rings (SSSR count). The Morgan fingerprint density at radius 3 is 2.48 bits per heavy atom. The number of fused-ring (bicyclic) bond motifs is 1. The van der Waals surface area contributed by atoms with Crippen LogP contribution in [0.5, 0.6) is 11.5 Å². The maximum atomic E-state index is 12.4. The lowest BCUT2D eigenvalue weighted by Gasteiger charge is -2.11. The summed E-state index contributed by atoms with van der Waals surface area (Å²) in [4.78, 5) is 24.2. The van der Waals surface area contributed by atoms with Gasteiger partial charge >= 0.3 is 0 Å². The minimum absolute atomic E-state index is 0.0275. The molecule has 1 aromatic heterocycles. The molecule has 3 aromatic rings. The highest BCUT2D eigenvalue weighted by molar-refractivity contribution is 5.92. The summed E-state index contributed by atoms with van der Waals surface area (Å²) in [6.45, 7) is -0.0275. The molecule has 0 bridgehead atoms. The number of nitrogens with one attached hydrogen (secondary N) is 1. The Morgan fingerprint density at radius 1 is 1.12 bits per heavy atom. The van der Waals surface area contributed by atoms with E-state index in [1.54, 1.807) is 42.5 Å². The molecule has 0 radical (unpaired) electrons. The number of hydrogen-bond donors (Lipinski definition) is 1. The molecule has 1 amide bonds. The molecule has 7 heteroatoms. The minimum Gasteiger partial charge on any atom is -0.497 e. The van der Waals surface area contributed by atoms with Crippen molar-refractivity contribution in [2.45, 2.75) is 6.54 Å². The number of amides is 1. The third-order valence-electron chi connectivity index (χ3n) is 3.69. The molecule has 0 saturated heterocycles. The Hall–Kier alpha value is -3.35. The van der Waals surface area contributed by atoms with Crippen LogP contribution < -0.4 is 20.2 Å². The van der Waals surface area contributed by atoms with Crippen molar-refractivity contribution in [3.63, 3.8) is 0 Å². The Morgan fingerprint density at radius 2 is 1.80 bits per heavy atom. The number of ether oxygens (including phenoxy) is 2. The normalized spacial score (nSPS) is 10.5. The molecule has 1 N–H and O–H groups in total. The van der Waals surface area contributed by atoms with Crippen LogP contribution in [0.1, 0.15) is 0 Å². The van der Waals surface area contributed by atoms with Gasteiger partial charge in [-0.1, -0.05) is 12.1 Å². The summed E-state index contributed by atoms with van der Waals surface area (Å²) >= 11 is 0. The van der Waals surface area contributed by atoms with Crippen molar-refractivity contribution in [2.24, 2.45) is 0 Å². The van der Waals surface area contributed by atoms with Gasteiger partial charge < -0.3 is 14.8 Å². The number of benzene rings is 2. The van der Waals surface area contributed by atoms with Gasteiger partial charge in [-0.3, -0.25) is 14.3 Å².